The van der Waals surface area contributed by atoms with Crippen LogP contribution in [-0.4, -0.2) is 29.8 Å². The highest BCUT2D eigenvalue weighted by molar-refractivity contribution is 4.91. The van der Waals surface area contributed by atoms with Crippen molar-refractivity contribution in [3.63, 3.8) is 0 Å². The monoisotopic (exact) mass is 241 g/mol. The van der Waals surface area contributed by atoms with Crippen LogP contribution in [0.2, 0.25) is 0 Å². The van der Waals surface area contributed by atoms with Crippen molar-refractivity contribution in [3.8, 4) is 0 Å². The summed E-state index contributed by atoms with van der Waals surface area (Å²) < 4.78 is 10.4. The molecule has 0 aliphatic heterocycles. The molecule has 0 aliphatic rings. The molecule has 1 heterocycles. The van der Waals surface area contributed by atoms with Crippen LogP contribution in [0.25, 0.3) is 0 Å². The SMILES string of the molecule is CCC(OC)c1noc(CCCNC(C)C)n1. The Hall–Kier alpha value is -0.940. The Morgan fingerprint density at radius 2 is 2.18 bits per heavy atom. The first-order chi connectivity index (χ1) is 8.17. The largest absolute Gasteiger partial charge is 0.373 e. The van der Waals surface area contributed by atoms with Gasteiger partial charge in [-0.05, 0) is 19.4 Å². The summed E-state index contributed by atoms with van der Waals surface area (Å²) in [7, 11) is 1.66. The van der Waals surface area contributed by atoms with Crippen LogP contribution in [0.4, 0.5) is 0 Å². The number of hydrogen-bond donors (Lipinski definition) is 1. The smallest absolute Gasteiger partial charge is 0.226 e. The molecule has 1 aromatic heterocycles. The van der Waals surface area contributed by atoms with Crippen molar-refractivity contribution in [2.75, 3.05) is 13.7 Å². The summed E-state index contributed by atoms with van der Waals surface area (Å²) in [5.41, 5.74) is 0. The standard InChI is InChI=1S/C12H23N3O2/c1-5-10(16-4)12-14-11(17-15-12)7-6-8-13-9(2)3/h9-10,13H,5-8H2,1-4H3. The third-order valence-electron chi connectivity index (χ3n) is 2.55. The van der Waals surface area contributed by atoms with E-state index in [1.165, 1.54) is 0 Å². The molecule has 1 atom stereocenters. The first kappa shape index (κ1) is 14.1. The minimum Gasteiger partial charge on any atom is -0.373 e. The molecule has 1 unspecified atom stereocenters. The lowest BCUT2D eigenvalue weighted by atomic mass is 10.2. The van der Waals surface area contributed by atoms with Crippen molar-refractivity contribution in [1.82, 2.24) is 15.5 Å². The zero-order chi connectivity index (χ0) is 12.7. The molecule has 1 aromatic rings. The molecule has 0 saturated heterocycles. The van der Waals surface area contributed by atoms with Gasteiger partial charge in [0, 0.05) is 19.6 Å². The summed E-state index contributed by atoms with van der Waals surface area (Å²) in [6.45, 7) is 7.28. The average molecular weight is 241 g/mol. The third kappa shape index (κ3) is 4.83. The lowest BCUT2D eigenvalue weighted by Crippen LogP contribution is -2.23. The summed E-state index contributed by atoms with van der Waals surface area (Å²) in [6.07, 6.45) is 2.61. The number of aromatic nitrogens is 2. The van der Waals surface area contributed by atoms with Crippen molar-refractivity contribution >= 4 is 0 Å². The van der Waals surface area contributed by atoms with Crippen molar-refractivity contribution < 1.29 is 9.26 Å². The number of hydrogen-bond acceptors (Lipinski definition) is 5. The van der Waals surface area contributed by atoms with Gasteiger partial charge in [-0.15, -0.1) is 0 Å². The number of aryl methyl sites for hydroxylation is 1. The summed E-state index contributed by atoms with van der Waals surface area (Å²) in [6, 6.07) is 0.520. The van der Waals surface area contributed by atoms with Crippen molar-refractivity contribution in [2.45, 2.75) is 52.2 Å². The van der Waals surface area contributed by atoms with Crippen LogP contribution in [0.3, 0.4) is 0 Å². The Labute approximate surface area is 103 Å². The topological polar surface area (TPSA) is 60.2 Å². The van der Waals surface area contributed by atoms with Crippen molar-refractivity contribution in [2.24, 2.45) is 0 Å². The lowest BCUT2D eigenvalue weighted by molar-refractivity contribution is 0.0903. The molecule has 0 aromatic carbocycles. The van der Waals surface area contributed by atoms with Gasteiger partial charge >= 0.3 is 0 Å². The molecular formula is C12H23N3O2. The molecular weight excluding hydrogens is 218 g/mol. The molecule has 17 heavy (non-hydrogen) atoms. The molecule has 5 heteroatoms. The fourth-order valence-electron chi connectivity index (χ4n) is 1.59. The summed E-state index contributed by atoms with van der Waals surface area (Å²) in [5, 5.41) is 7.29. The zero-order valence-electron chi connectivity index (χ0n) is 11.2. The first-order valence-corrected chi connectivity index (χ1v) is 6.26. The minimum atomic E-state index is -0.0544. The minimum absolute atomic E-state index is 0.0544. The van der Waals surface area contributed by atoms with E-state index in [2.05, 4.69) is 29.3 Å². The van der Waals surface area contributed by atoms with E-state index in [9.17, 15) is 0 Å². The van der Waals surface area contributed by atoms with E-state index in [0.717, 1.165) is 25.8 Å². The molecule has 0 aliphatic carbocycles. The Bertz CT molecular complexity index is 308. The van der Waals surface area contributed by atoms with Gasteiger partial charge in [0.15, 0.2) is 0 Å². The van der Waals surface area contributed by atoms with Crippen LogP contribution in [0, 0.1) is 0 Å². The van der Waals surface area contributed by atoms with Gasteiger partial charge in [-0.1, -0.05) is 25.9 Å². The second-order valence-electron chi connectivity index (χ2n) is 4.39. The summed E-state index contributed by atoms with van der Waals surface area (Å²) in [4.78, 5) is 4.34. The number of methoxy groups -OCH3 is 1. The van der Waals surface area contributed by atoms with E-state index in [4.69, 9.17) is 9.26 Å². The van der Waals surface area contributed by atoms with Gasteiger partial charge in [0.05, 0.1) is 0 Å². The highest BCUT2D eigenvalue weighted by Crippen LogP contribution is 2.16. The van der Waals surface area contributed by atoms with E-state index >= 15 is 0 Å². The Morgan fingerprint density at radius 3 is 2.76 bits per heavy atom. The fraction of sp³-hybridized carbons (Fsp3) is 0.833. The van der Waals surface area contributed by atoms with E-state index in [1.54, 1.807) is 7.11 Å². The van der Waals surface area contributed by atoms with Crippen LogP contribution in [0.5, 0.6) is 0 Å². The molecule has 98 valence electrons. The third-order valence-corrected chi connectivity index (χ3v) is 2.55. The first-order valence-electron chi connectivity index (χ1n) is 6.26. The van der Waals surface area contributed by atoms with Crippen LogP contribution in [-0.2, 0) is 11.2 Å². The highest BCUT2D eigenvalue weighted by atomic mass is 16.5. The predicted molar refractivity (Wildman–Crippen MR) is 65.8 cm³/mol. The maximum atomic E-state index is 5.26. The second-order valence-corrected chi connectivity index (χ2v) is 4.39. The maximum Gasteiger partial charge on any atom is 0.226 e. The lowest BCUT2D eigenvalue weighted by Gasteiger charge is -2.06. The molecule has 0 radical (unpaired) electrons. The van der Waals surface area contributed by atoms with E-state index < -0.39 is 0 Å². The van der Waals surface area contributed by atoms with Gasteiger partial charge in [0.25, 0.3) is 0 Å². The van der Waals surface area contributed by atoms with Gasteiger partial charge in [-0.2, -0.15) is 4.98 Å². The predicted octanol–water partition coefficient (Wildman–Crippen LogP) is 2.10. The molecule has 1 rings (SSSR count). The maximum absolute atomic E-state index is 5.26. The molecule has 0 amide bonds. The zero-order valence-corrected chi connectivity index (χ0v) is 11.2. The molecule has 0 fully saturated rings. The Morgan fingerprint density at radius 1 is 1.41 bits per heavy atom. The van der Waals surface area contributed by atoms with Crippen LogP contribution in [0.15, 0.2) is 4.52 Å². The molecule has 0 spiro atoms. The van der Waals surface area contributed by atoms with Gasteiger partial charge < -0.3 is 14.6 Å². The number of nitrogens with one attached hydrogen (secondary N) is 1. The number of nitrogens with zero attached hydrogens (tertiary/aromatic N) is 2. The quantitative estimate of drug-likeness (QED) is 0.706. The Kier molecular flexibility index (Phi) is 6.15. The van der Waals surface area contributed by atoms with Crippen LogP contribution >= 0.6 is 0 Å². The molecule has 0 bridgehead atoms. The van der Waals surface area contributed by atoms with Crippen LogP contribution < -0.4 is 5.32 Å². The van der Waals surface area contributed by atoms with Crippen molar-refractivity contribution in [1.29, 1.82) is 0 Å². The Balaban J connectivity index is 2.35. The molecule has 0 saturated carbocycles. The average Bonchev–Trinajstić information content (AvgIpc) is 2.75. The summed E-state index contributed by atoms with van der Waals surface area (Å²) in [5.74, 6) is 1.35. The second kappa shape index (κ2) is 7.40. The normalized spacial score (nSPS) is 13.2. The number of ether oxygens (including phenoxy) is 1. The van der Waals surface area contributed by atoms with Crippen molar-refractivity contribution in [3.05, 3.63) is 11.7 Å². The summed E-state index contributed by atoms with van der Waals surface area (Å²) >= 11 is 0. The van der Waals surface area contributed by atoms with E-state index in [-0.39, 0.29) is 6.10 Å². The molecule has 1 N–H and O–H groups in total. The van der Waals surface area contributed by atoms with E-state index in [1.807, 2.05) is 6.92 Å². The van der Waals surface area contributed by atoms with Crippen LogP contribution in [0.1, 0.15) is 51.4 Å². The fourth-order valence-corrected chi connectivity index (χ4v) is 1.59. The van der Waals surface area contributed by atoms with E-state index in [0.29, 0.717) is 17.8 Å². The van der Waals surface area contributed by atoms with Gasteiger partial charge in [-0.25, -0.2) is 0 Å². The van der Waals surface area contributed by atoms with Gasteiger partial charge in [0.1, 0.15) is 6.10 Å². The highest BCUT2D eigenvalue weighted by Gasteiger charge is 2.15. The van der Waals surface area contributed by atoms with Gasteiger partial charge in [-0.3, -0.25) is 0 Å². The van der Waals surface area contributed by atoms with Gasteiger partial charge in [0.2, 0.25) is 11.7 Å². The molecule has 5 nitrogen and oxygen atoms in total. The number of rotatable bonds is 8.